The van der Waals surface area contributed by atoms with Gasteiger partial charge in [-0.15, -0.1) is 0 Å². The van der Waals surface area contributed by atoms with Gasteiger partial charge in [-0.1, -0.05) is 72.8 Å². The molecular formula is C14H16O6. The first kappa shape index (κ1) is 19.3. The fraction of sp³-hybridized carbons (Fsp3) is 0. The Morgan fingerprint density at radius 2 is 0.450 bits per heavy atom. The van der Waals surface area contributed by atoms with E-state index in [9.17, 15) is 0 Å². The van der Waals surface area contributed by atoms with Gasteiger partial charge in [0.1, 0.15) is 0 Å². The van der Waals surface area contributed by atoms with Gasteiger partial charge in [0.25, 0.3) is 0 Å². The Kier molecular flexibility index (Phi) is 15.4. The highest BCUT2D eigenvalue weighted by Crippen LogP contribution is 1.80. The summed E-state index contributed by atoms with van der Waals surface area (Å²) in [5.74, 6) is 0. The molecule has 108 valence electrons. The van der Waals surface area contributed by atoms with Gasteiger partial charge in [0, 0.05) is 0 Å². The summed E-state index contributed by atoms with van der Waals surface area (Å²) in [4.78, 5) is 17.1. The number of carboxylic acid groups (broad SMARTS) is 4. The lowest BCUT2D eigenvalue weighted by molar-refractivity contribution is 0.135. The quantitative estimate of drug-likeness (QED) is 0.583. The van der Waals surface area contributed by atoms with E-state index in [-0.39, 0.29) is 0 Å². The first-order valence-electron chi connectivity index (χ1n) is 5.30. The van der Waals surface area contributed by atoms with Crippen LogP contribution in [-0.2, 0) is 0 Å². The van der Waals surface area contributed by atoms with E-state index in [1.165, 1.54) is 0 Å². The summed E-state index contributed by atoms with van der Waals surface area (Å²) < 4.78 is 0. The Bertz CT molecular complexity index is 325. The van der Waals surface area contributed by atoms with Crippen molar-refractivity contribution in [3.05, 3.63) is 72.8 Å². The fourth-order valence-electron chi connectivity index (χ4n) is 0.770. The monoisotopic (exact) mass is 280 g/mol. The summed E-state index contributed by atoms with van der Waals surface area (Å²) >= 11 is 0. The lowest BCUT2D eigenvalue weighted by Crippen LogP contribution is -1.81. The highest BCUT2D eigenvalue weighted by molar-refractivity contribution is 5.53. The molecule has 0 radical (unpaired) electrons. The summed E-state index contributed by atoms with van der Waals surface area (Å²) in [7, 11) is 0. The van der Waals surface area contributed by atoms with Crippen molar-refractivity contribution in [3.63, 3.8) is 0 Å². The van der Waals surface area contributed by atoms with Gasteiger partial charge in [-0.25, -0.2) is 9.59 Å². The molecule has 0 fully saturated rings. The van der Waals surface area contributed by atoms with Crippen molar-refractivity contribution < 1.29 is 30.0 Å². The Hall–Kier alpha value is -3.02. The second-order valence-corrected chi connectivity index (χ2v) is 2.87. The molecule has 0 aliphatic heterocycles. The molecule has 0 aliphatic rings. The number of rotatable bonds is 0. The minimum atomic E-state index is -1.83. The predicted molar refractivity (Wildman–Crippen MR) is 74.2 cm³/mol. The van der Waals surface area contributed by atoms with Crippen LogP contribution in [0.15, 0.2) is 72.8 Å². The maximum Gasteiger partial charge on any atom is 0.503 e. The fourth-order valence-corrected chi connectivity index (χ4v) is 0.770. The average molecular weight is 280 g/mol. The minimum absolute atomic E-state index is 1.83. The number of benzene rings is 2. The van der Waals surface area contributed by atoms with Crippen molar-refractivity contribution >= 4 is 12.3 Å². The molecule has 0 aliphatic carbocycles. The number of hydrogen-bond acceptors (Lipinski definition) is 2. The van der Waals surface area contributed by atoms with Gasteiger partial charge in [-0.3, -0.25) is 0 Å². The van der Waals surface area contributed by atoms with Gasteiger partial charge >= 0.3 is 12.3 Å². The van der Waals surface area contributed by atoms with Gasteiger partial charge < -0.3 is 20.4 Å². The molecule has 0 heterocycles. The van der Waals surface area contributed by atoms with Crippen molar-refractivity contribution in [2.24, 2.45) is 0 Å². The second kappa shape index (κ2) is 16.0. The molecule has 6 nitrogen and oxygen atoms in total. The summed E-state index contributed by atoms with van der Waals surface area (Å²) in [5.41, 5.74) is 0. The molecule has 0 amide bonds. The van der Waals surface area contributed by atoms with Crippen molar-refractivity contribution in [1.29, 1.82) is 0 Å². The first-order valence-corrected chi connectivity index (χ1v) is 5.30. The SMILES string of the molecule is O=C(O)O.O=C(O)O.c1ccccc1.c1ccccc1. The van der Waals surface area contributed by atoms with Crippen LogP contribution in [0.5, 0.6) is 0 Å². The zero-order valence-corrected chi connectivity index (χ0v) is 10.5. The van der Waals surface area contributed by atoms with E-state index in [0.717, 1.165) is 0 Å². The third-order valence-electron chi connectivity index (χ3n) is 1.33. The summed E-state index contributed by atoms with van der Waals surface area (Å²) in [6.45, 7) is 0. The van der Waals surface area contributed by atoms with Gasteiger partial charge in [0.15, 0.2) is 0 Å². The Morgan fingerprint density at radius 1 is 0.400 bits per heavy atom. The van der Waals surface area contributed by atoms with E-state index in [2.05, 4.69) is 0 Å². The highest BCUT2D eigenvalue weighted by atomic mass is 16.6. The van der Waals surface area contributed by atoms with Gasteiger partial charge in [0.2, 0.25) is 0 Å². The van der Waals surface area contributed by atoms with Crippen molar-refractivity contribution in [1.82, 2.24) is 0 Å². The van der Waals surface area contributed by atoms with Crippen LogP contribution in [0.4, 0.5) is 9.59 Å². The van der Waals surface area contributed by atoms with Crippen LogP contribution in [0.3, 0.4) is 0 Å². The van der Waals surface area contributed by atoms with Crippen LogP contribution in [0.1, 0.15) is 0 Å². The summed E-state index contributed by atoms with van der Waals surface area (Å²) in [6.07, 6.45) is -3.67. The molecule has 0 atom stereocenters. The second-order valence-electron chi connectivity index (χ2n) is 2.87. The molecule has 4 N–H and O–H groups in total. The molecule has 0 unspecified atom stereocenters. The van der Waals surface area contributed by atoms with Gasteiger partial charge in [0.05, 0.1) is 0 Å². The van der Waals surface area contributed by atoms with Crippen molar-refractivity contribution in [2.45, 2.75) is 0 Å². The molecule has 0 aromatic heterocycles. The lowest BCUT2D eigenvalue weighted by atomic mass is 10.4. The molecule has 0 bridgehead atoms. The molecule has 2 aromatic rings. The third-order valence-corrected chi connectivity index (χ3v) is 1.33. The van der Waals surface area contributed by atoms with Crippen LogP contribution in [-0.4, -0.2) is 32.7 Å². The molecular weight excluding hydrogens is 264 g/mol. The van der Waals surface area contributed by atoms with Crippen LogP contribution >= 0.6 is 0 Å². The van der Waals surface area contributed by atoms with E-state index in [1.807, 2.05) is 72.8 Å². The zero-order valence-electron chi connectivity index (χ0n) is 10.5. The number of hydrogen-bond donors (Lipinski definition) is 4. The largest absolute Gasteiger partial charge is 0.503 e. The van der Waals surface area contributed by atoms with Crippen molar-refractivity contribution in [2.75, 3.05) is 0 Å². The highest BCUT2D eigenvalue weighted by Gasteiger charge is 1.70. The maximum atomic E-state index is 8.56. The van der Waals surface area contributed by atoms with Gasteiger partial charge in [-0.05, 0) is 0 Å². The van der Waals surface area contributed by atoms with Crippen molar-refractivity contribution in [3.8, 4) is 0 Å². The average Bonchev–Trinajstić information content (AvgIpc) is 2.42. The lowest BCUT2D eigenvalue weighted by Gasteiger charge is -1.69. The zero-order chi connectivity index (χ0) is 15.6. The van der Waals surface area contributed by atoms with Crippen LogP contribution in [0, 0.1) is 0 Å². The Labute approximate surface area is 116 Å². The molecule has 0 spiro atoms. The van der Waals surface area contributed by atoms with E-state index >= 15 is 0 Å². The van der Waals surface area contributed by atoms with Crippen LogP contribution < -0.4 is 0 Å². The van der Waals surface area contributed by atoms with Crippen LogP contribution in [0.2, 0.25) is 0 Å². The normalized spacial score (nSPS) is 7.20. The topological polar surface area (TPSA) is 115 Å². The molecule has 2 aromatic carbocycles. The Morgan fingerprint density at radius 3 is 0.500 bits per heavy atom. The predicted octanol–water partition coefficient (Wildman–Crippen LogP) is 3.82. The molecule has 6 heteroatoms. The first-order chi connectivity index (χ1) is 9.46. The smallest absolute Gasteiger partial charge is 0.450 e. The standard InChI is InChI=1S/2C6H6.2CH2O3/c2*1-2-4-6-5-3-1;2*2-1(3)4/h2*1-6H;2*(H2,2,3,4). The number of carbonyl (C=O) groups is 2. The molecule has 0 saturated heterocycles. The molecule has 20 heavy (non-hydrogen) atoms. The van der Waals surface area contributed by atoms with E-state index < -0.39 is 12.3 Å². The summed E-state index contributed by atoms with van der Waals surface area (Å²) in [5, 5.41) is 27.9. The van der Waals surface area contributed by atoms with E-state index in [1.54, 1.807) is 0 Å². The molecule has 0 saturated carbocycles. The minimum Gasteiger partial charge on any atom is -0.450 e. The van der Waals surface area contributed by atoms with Gasteiger partial charge in [-0.2, -0.15) is 0 Å². The van der Waals surface area contributed by atoms with E-state index in [4.69, 9.17) is 30.0 Å². The Balaban J connectivity index is 0. The van der Waals surface area contributed by atoms with E-state index in [0.29, 0.717) is 0 Å². The van der Waals surface area contributed by atoms with Crippen LogP contribution in [0.25, 0.3) is 0 Å². The maximum absolute atomic E-state index is 8.56. The molecule has 2 rings (SSSR count). The summed E-state index contributed by atoms with van der Waals surface area (Å²) in [6, 6.07) is 24.0. The third kappa shape index (κ3) is 36.3.